The lowest BCUT2D eigenvalue weighted by molar-refractivity contribution is -0.124. The molecule has 0 saturated carbocycles. The molecule has 0 radical (unpaired) electrons. The Balaban J connectivity index is 1.74. The fourth-order valence-corrected chi connectivity index (χ4v) is 4.13. The van der Waals surface area contributed by atoms with Gasteiger partial charge < -0.3 is 15.0 Å². The average Bonchev–Trinajstić information content (AvgIpc) is 3.02. The van der Waals surface area contributed by atoms with E-state index in [9.17, 15) is 14.9 Å². The Morgan fingerprint density at radius 3 is 2.96 bits per heavy atom. The molecule has 0 aliphatic carbocycles. The summed E-state index contributed by atoms with van der Waals surface area (Å²) in [5, 5.41) is 12.8. The first kappa shape index (κ1) is 18.9. The Bertz CT molecular complexity index is 890. The first-order valence-corrected chi connectivity index (χ1v) is 9.36. The SMILES string of the molecule is CCC(OC(=O)c1cnccn1)C(=O)Nc1sc2c(c1C#N)CCN(C)C2. The molecule has 1 aliphatic heterocycles. The van der Waals surface area contributed by atoms with E-state index in [4.69, 9.17) is 4.74 Å². The van der Waals surface area contributed by atoms with Gasteiger partial charge in [0.15, 0.2) is 11.8 Å². The number of nitrogens with zero attached hydrogens (tertiary/aromatic N) is 4. The molecule has 140 valence electrons. The fraction of sp³-hybridized carbons (Fsp3) is 0.389. The fourth-order valence-electron chi connectivity index (χ4n) is 2.85. The second kappa shape index (κ2) is 8.24. The Labute approximate surface area is 160 Å². The lowest BCUT2D eigenvalue weighted by Crippen LogP contribution is -2.32. The van der Waals surface area contributed by atoms with Crippen LogP contribution in [0.3, 0.4) is 0 Å². The predicted molar refractivity (Wildman–Crippen MR) is 99.2 cm³/mol. The number of aromatic nitrogens is 2. The minimum Gasteiger partial charge on any atom is -0.447 e. The van der Waals surface area contributed by atoms with E-state index in [-0.39, 0.29) is 5.69 Å². The maximum atomic E-state index is 12.6. The summed E-state index contributed by atoms with van der Waals surface area (Å²) in [6.07, 6.45) is 4.20. The third-order valence-corrected chi connectivity index (χ3v) is 5.41. The van der Waals surface area contributed by atoms with Crippen LogP contribution in [0.15, 0.2) is 18.6 Å². The number of carbonyl (C=O) groups excluding carboxylic acids is 2. The smallest absolute Gasteiger partial charge is 0.359 e. The van der Waals surface area contributed by atoms with Crippen LogP contribution in [0.4, 0.5) is 5.00 Å². The van der Waals surface area contributed by atoms with Crippen LogP contribution in [0.5, 0.6) is 0 Å². The zero-order valence-corrected chi connectivity index (χ0v) is 15.9. The first-order valence-electron chi connectivity index (χ1n) is 8.54. The molecule has 27 heavy (non-hydrogen) atoms. The van der Waals surface area contributed by atoms with Crippen LogP contribution < -0.4 is 5.32 Å². The summed E-state index contributed by atoms with van der Waals surface area (Å²) in [4.78, 5) is 35.7. The van der Waals surface area contributed by atoms with E-state index in [0.717, 1.165) is 30.0 Å². The van der Waals surface area contributed by atoms with Crippen LogP contribution in [0.1, 0.15) is 39.8 Å². The van der Waals surface area contributed by atoms with Crippen LogP contribution in [-0.4, -0.2) is 46.4 Å². The zero-order chi connectivity index (χ0) is 19.4. The Hall–Kier alpha value is -2.83. The molecule has 0 spiro atoms. The molecule has 1 N–H and O–H groups in total. The Kier molecular flexibility index (Phi) is 5.78. The summed E-state index contributed by atoms with van der Waals surface area (Å²) in [5.74, 6) is -1.17. The molecule has 0 bridgehead atoms. The summed E-state index contributed by atoms with van der Waals surface area (Å²) in [7, 11) is 2.02. The van der Waals surface area contributed by atoms with Crippen molar-refractivity contribution in [2.75, 3.05) is 18.9 Å². The van der Waals surface area contributed by atoms with E-state index in [0.29, 0.717) is 17.0 Å². The molecule has 0 fully saturated rings. The average molecular weight is 385 g/mol. The first-order chi connectivity index (χ1) is 13.0. The number of hydrogen-bond donors (Lipinski definition) is 1. The standard InChI is InChI=1S/C18H19N5O3S/c1-3-14(26-18(25)13-9-20-5-6-21-13)16(24)22-17-12(8-19)11-4-7-23(2)10-15(11)27-17/h5-6,9,14H,3-4,7,10H2,1-2H3,(H,22,24). The van der Waals surface area contributed by atoms with Crippen molar-refractivity contribution < 1.29 is 14.3 Å². The van der Waals surface area contributed by atoms with E-state index in [1.54, 1.807) is 6.92 Å². The number of rotatable bonds is 5. The van der Waals surface area contributed by atoms with Crippen molar-refractivity contribution in [2.45, 2.75) is 32.4 Å². The van der Waals surface area contributed by atoms with Crippen molar-refractivity contribution in [1.29, 1.82) is 5.26 Å². The summed E-state index contributed by atoms with van der Waals surface area (Å²) < 4.78 is 5.27. The molecule has 1 amide bonds. The topological polar surface area (TPSA) is 108 Å². The van der Waals surface area contributed by atoms with Gasteiger partial charge in [0.05, 0.1) is 11.8 Å². The molecular weight excluding hydrogens is 366 g/mol. The number of anilines is 1. The van der Waals surface area contributed by atoms with Crippen molar-refractivity contribution in [3.8, 4) is 6.07 Å². The molecule has 1 atom stereocenters. The lowest BCUT2D eigenvalue weighted by atomic mass is 10.0. The Morgan fingerprint density at radius 1 is 1.48 bits per heavy atom. The van der Waals surface area contributed by atoms with Gasteiger partial charge in [-0.25, -0.2) is 9.78 Å². The quantitative estimate of drug-likeness (QED) is 0.784. The van der Waals surface area contributed by atoms with Gasteiger partial charge in [-0.15, -0.1) is 11.3 Å². The molecular formula is C18H19N5O3S. The van der Waals surface area contributed by atoms with Crippen molar-refractivity contribution in [3.05, 3.63) is 40.3 Å². The van der Waals surface area contributed by atoms with Gasteiger partial charge in [0.1, 0.15) is 11.1 Å². The number of esters is 1. The lowest BCUT2D eigenvalue weighted by Gasteiger charge is -2.21. The van der Waals surface area contributed by atoms with Crippen LogP contribution in [0, 0.1) is 11.3 Å². The molecule has 9 heteroatoms. The second-order valence-electron chi connectivity index (χ2n) is 6.19. The maximum absolute atomic E-state index is 12.6. The number of amides is 1. The largest absolute Gasteiger partial charge is 0.447 e. The summed E-state index contributed by atoms with van der Waals surface area (Å²) in [5.41, 5.74) is 1.54. The maximum Gasteiger partial charge on any atom is 0.359 e. The minimum atomic E-state index is -0.979. The number of nitriles is 1. The highest BCUT2D eigenvalue weighted by atomic mass is 32.1. The number of hydrogen-bond acceptors (Lipinski definition) is 8. The van der Waals surface area contributed by atoms with Gasteiger partial charge in [0, 0.05) is 30.4 Å². The van der Waals surface area contributed by atoms with E-state index in [1.165, 1.54) is 29.9 Å². The van der Waals surface area contributed by atoms with Gasteiger partial charge in [-0.05, 0) is 25.5 Å². The van der Waals surface area contributed by atoms with Crippen LogP contribution in [0.2, 0.25) is 0 Å². The van der Waals surface area contributed by atoms with E-state index >= 15 is 0 Å². The monoisotopic (exact) mass is 385 g/mol. The zero-order valence-electron chi connectivity index (χ0n) is 15.1. The molecule has 3 rings (SSSR count). The third-order valence-electron chi connectivity index (χ3n) is 4.28. The van der Waals surface area contributed by atoms with Gasteiger partial charge in [0.2, 0.25) is 0 Å². The molecule has 8 nitrogen and oxygen atoms in total. The van der Waals surface area contributed by atoms with Crippen LogP contribution in [0.25, 0.3) is 0 Å². The number of fused-ring (bicyclic) bond motifs is 1. The van der Waals surface area contributed by atoms with Crippen molar-refractivity contribution in [3.63, 3.8) is 0 Å². The third kappa shape index (κ3) is 4.13. The molecule has 0 saturated heterocycles. The summed E-state index contributed by atoms with van der Waals surface area (Å²) in [6, 6.07) is 2.20. The molecule has 0 aromatic carbocycles. The summed E-state index contributed by atoms with van der Waals surface area (Å²) >= 11 is 1.40. The predicted octanol–water partition coefficient (Wildman–Crippen LogP) is 1.97. The molecule has 2 aromatic rings. The normalized spacial score (nSPS) is 14.7. The molecule has 1 aliphatic rings. The van der Waals surface area contributed by atoms with E-state index in [1.807, 2.05) is 7.05 Å². The number of thiophene rings is 1. The molecule has 3 heterocycles. The molecule has 2 aromatic heterocycles. The van der Waals surface area contributed by atoms with Gasteiger partial charge in [-0.3, -0.25) is 9.78 Å². The van der Waals surface area contributed by atoms with E-state index in [2.05, 4.69) is 26.3 Å². The van der Waals surface area contributed by atoms with Gasteiger partial charge in [-0.1, -0.05) is 6.92 Å². The Morgan fingerprint density at radius 2 is 2.30 bits per heavy atom. The van der Waals surface area contributed by atoms with Gasteiger partial charge in [0.25, 0.3) is 5.91 Å². The van der Waals surface area contributed by atoms with Gasteiger partial charge >= 0.3 is 5.97 Å². The minimum absolute atomic E-state index is 0.0380. The van der Waals surface area contributed by atoms with Gasteiger partial charge in [-0.2, -0.15) is 5.26 Å². The highest BCUT2D eigenvalue weighted by Crippen LogP contribution is 2.36. The highest BCUT2D eigenvalue weighted by Gasteiger charge is 2.27. The van der Waals surface area contributed by atoms with Crippen LogP contribution >= 0.6 is 11.3 Å². The number of carbonyl (C=O) groups is 2. The van der Waals surface area contributed by atoms with E-state index < -0.39 is 18.0 Å². The number of nitrogens with one attached hydrogen (secondary N) is 1. The molecule has 1 unspecified atom stereocenters. The second-order valence-corrected chi connectivity index (χ2v) is 7.29. The highest BCUT2D eigenvalue weighted by molar-refractivity contribution is 7.16. The van der Waals surface area contributed by atoms with Crippen molar-refractivity contribution in [2.24, 2.45) is 0 Å². The van der Waals surface area contributed by atoms with Crippen molar-refractivity contribution in [1.82, 2.24) is 14.9 Å². The number of ether oxygens (including phenoxy) is 1. The number of likely N-dealkylation sites (N-methyl/N-ethyl adjacent to an activating group) is 1. The summed E-state index contributed by atoms with van der Waals surface area (Å²) in [6.45, 7) is 3.37. The van der Waals surface area contributed by atoms with Crippen molar-refractivity contribution >= 4 is 28.2 Å². The van der Waals surface area contributed by atoms with Crippen LogP contribution in [-0.2, 0) is 22.5 Å².